The summed E-state index contributed by atoms with van der Waals surface area (Å²) in [7, 11) is -2.48. The number of hydrogen-bond acceptors (Lipinski definition) is 5. The van der Waals surface area contributed by atoms with Gasteiger partial charge >= 0.3 is 5.69 Å². The molecule has 0 spiro atoms. The highest BCUT2D eigenvalue weighted by Gasteiger charge is 2.37. The van der Waals surface area contributed by atoms with Gasteiger partial charge in [0, 0.05) is 12.9 Å². The highest BCUT2D eigenvalue weighted by Crippen LogP contribution is 2.30. The van der Waals surface area contributed by atoms with Gasteiger partial charge < -0.3 is 0 Å². The molecule has 18 heavy (non-hydrogen) atoms. The minimum atomic E-state index is -3.86. The second-order valence-electron chi connectivity index (χ2n) is 3.84. The van der Waals surface area contributed by atoms with E-state index in [4.69, 9.17) is 11.6 Å². The molecule has 0 N–H and O–H groups in total. The van der Waals surface area contributed by atoms with Gasteiger partial charge in [0.2, 0.25) is 14.9 Å². The van der Waals surface area contributed by atoms with Gasteiger partial charge in [-0.3, -0.25) is 14.8 Å². The van der Waals surface area contributed by atoms with Crippen LogP contribution in [0.2, 0.25) is 0 Å². The van der Waals surface area contributed by atoms with Crippen molar-refractivity contribution < 1.29 is 13.3 Å². The molecule has 1 atom stereocenters. The van der Waals surface area contributed by atoms with Crippen molar-refractivity contribution in [1.82, 2.24) is 9.78 Å². The Kier molecular flexibility index (Phi) is 4.33. The standard InChI is InChI=1S/C9H14ClN3O4S/c1-4-7-8(13(14)15)9(12(3)11-7)18(16,17)6(2)5-10/h6H,4-5H2,1-3H3. The van der Waals surface area contributed by atoms with Gasteiger partial charge in [0.05, 0.1) is 10.2 Å². The molecule has 0 amide bonds. The van der Waals surface area contributed by atoms with Crippen molar-refractivity contribution in [1.29, 1.82) is 0 Å². The minimum Gasteiger partial charge on any atom is -0.258 e. The van der Waals surface area contributed by atoms with Crippen LogP contribution in [0.3, 0.4) is 0 Å². The number of halogens is 1. The molecule has 0 radical (unpaired) electrons. The summed E-state index contributed by atoms with van der Waals surface area (Å²) in [5, 5.41) is 13.6. The van der Waals surface area contributed by atoms with Gasteiger partial charge in [-0.05, 0) is 13.3 Å². The normalized spacial score (nSPS) is 13.6. The molecule has 0 aliphatic carbocycles. The lowest BCUT2D eigenvalue weighted by molar-refractivity contribution is -0.388. The second kappa shape index (κ2) is 5.23. The van der Waals surface area contributed by atoms with Gasteiger partial charge in [0.15, 0.2) is 0 Å². The summed E-state index contributed by atoms with van der Waals surface area (Å²) in [6.45, 7) is 3.08. The topological polar surface area (TPSA) is 95.1 Å². The zero-order valence-corrected chi connectivity index (χ0v) is 11.8. The maximum absolute atomic E-state index is 12.2. The third-order valence-corrected chi connectivity index (χ3v) is 5.44. The maximum atomic E-state index is 12.2. The molecule has 1 aromatic rings. The van der Waals surface area contributed by atoms with Crippen LogP contribution in [0, 0.1) is 10.1 Å². The van der Waals surface area contributed by atoms with Gasteiger partial charge in [0.25, 0.3) is 0 Å². The smallest absolute Gasteiger partial charge is 0.258 e. The molecule has 7 nitrogen and oxygen atoms in total. The van der Waals surface area contributed by atoms with Crippen molar-refractivity contribution in [2.75, 3.05) is 5.88 Å². The number of alkyl halides is 1. The van der Waals surface area contributed by atoms with Crippen molar-refractivity contribution in [3.8, 4) is 0 Å². The lowest BCUT2D eigenvalue weighted by Crippen LogP contribution is -2.23. The van der Waals surface area contributed by atoms with Crippen LogP contribution in [0.4, 0.5) is 5.69 Å². The fourth-order valence-electron chi connectivity index (χ4n) is 1.56. The SMILES string of the molecule is CCc1nn(C)c(S(=O)(=O)C(C)CCl)c1[N+](=O)[O-]. The van der Waals surface area contributed by atoms with E-state index in [-0.39, 0.29) is 23.0 Å². The molecule has 9 heteroatoms. The first-order valence-corrected chi connectivity index (χ1v) is 7.35. The van der Waals surface area contributed by atoms with E-state index in [0.29, 0.717) is 0 Å². The fraction of sp³-hybridized carbons (Fsp3) is 0.667. The van der Waals surface area contributed by atoms with Crippen LogP contribution in [0.15, 0.2) is 5.03 Å². The minimum absolute atomic E-state index is 0.133. The second-order valence-corrected chi connectivity index (χ2v) is 6.43. The number of nitro groups is 1. The zero-order valence-electron chi connectivity index (χ0n) is 10.3. The molecule has 0 aromatic carbocycles. The molecular formula is C9H14ClN3O4S. The first kappa shape index (κ1) is 14.9. The molecule has 0 saturated carbocycles. The molecule has 0 saturated heterocycles. The quantitative estimate of drug-likeness (QED) is 0.463. The van der Waals surface area contributed by atoms with Crippen LogP contribution >= 0.6 is 11.6 Å². The number of aryl methyl sites for hydroxylation is 2. The van der Waals surface area contributed by atoms with E-state index in [2.05, 4.69) is 5.10 Å². The molecule has 1 rings (SSSR count). The summed E-state index contributed by atoms with van der Waals surface area (Å²) in [6, 6.07) is 0. The highest BCUT2D eigenvalue weighted by molar-refractivity contribution is 7.92. The average Bonchev–Trinajstić information content (AvgIpc) is 2.65. The van der Waals surface area contributed by atoms with Crippen LogP contribution < -0.4 is 0 Å². The van der Waals surface area contributed by atoms with Crippen LogP contribution in [-0.2, 0) is 23.3 Å². The molecule has 102 valence electrons. The third-order valence-electron chi connectivity index (χ3n) is 2.57. The lowest BCUT2D eigenvalue weighted by Gasteiger charge is -2.08. The maximum Gasteiger partial charge on any atom is 0.329 e. The Morgan fingerprint density at radius 1 is 1.56 bits per heavy atom. The highest BCUT2D eigenvalue weighted by atomic mass is 35.5. The average molecular weight is 296 g/mol. The lowest BCUT2D eigenvalue weighted by atomic mass is 10.3. The van der Waals surface area contributed by atoms with Crippen LogP contribution in [-0.4, -0.2) is 34.3 Å². The van der Waals surface area contributed by atoms with Crippen molar-refractivity contribution in [2.45, 2.75) is 30.5 Å². The Bertz CT molecular complexity index is 567. The van der Waals surface area contributed by atoms with E-state index < -0.39 is 25.7 Å². The number of aromatic nitrogens is 2. The Balaban J connectivity index is 3.60. The fourth-order valence-corrected chi connectivity index (χ4v) is 3.48. The summed E-state index contributed by atoms with van der Waals surface area (Å²) in [5.74, 6) is -0.133. The summed E-state index contributed by atoms with van der Waals surface area (Å²) < 4.78 is 25.4. The van der Waals surface area contributed by atoms with Gasteiger partial charge in [0.1, 0.15) is 5.69 Å². The summed E-state index contributed by atoms with van der Waals surface area (Å²) in [6.07, 6.45) is 0.287. The van der Waals surface area contributed by atoms with E-state index in [1.54, 1.807) is 6.92 Å². The third kappa shape index (κ3) is 2.35. The number of rotatable bonds is 5. The van der Waals surface area contributed by atoms with E-state index in [1.807, 2.05) is 0 Å². The predicted molar refractivity (Wildman–Crippen MR) is 66.6 cm³/mol. The number of sulfone groups is 1. The summed E-state index contributed by atoms with van der Waals surface area (Å²) in [4.78, 5) is 10.3. The van der Waals surface area contributed by atoms with E-state index >= 15 is 0 Å². The van der Waals surface area contributed by atoms with Crippen molar-refractivity contribution in [2.24, 2.45) is 7.05 Å². The Morgan fingerprint density at radius 2 is 2.11 bits per heavy atom. The summed E-state index contributed by atoms with van der Waals surface area (Å²) in [5.41, 5.74) is -0.292. The van der Waals surface area contributed by atoms with Gasteiger partial charge in [-0.15, -0.1) is 11.6 Å². The van der Waals surface area contributed by atoms with Crippen LogP contribution in [0.1, 0.15) is 19.5 Å². The van der Waals surface area contributed by atoms with Gasteiger partial charge in [-0.2, -0.15) is 5.10 Å². The van der Waals surface area contributed by atoms with Gasteiger partial charge in [-0.25, -0.2) is 8.42 Å². The molecule has 1 aromatic heterocycles. The molecule has 0 bridgehead atoms. The zero-order chi connectivity index (χ0) is 14.1. The first-order chi connectivity index (χ1) is 8.27. The van der Waals surface area contributed by atoms with Crippen LogP contribution in [0.5, 0.6) is 0 Å². The van der Waals surface area contributed by atoms with E-state index in [0.717, 1.165) is 4.68 Å². The number of nitrogens with zero attached hydrogens (tertiary/aromatic N) is 3. The van der Waals surface area contributed by atoms with Crippen molar-refractivity contribution in [3.63, 3.8) is 0 Å². The monoisotopic (exact) mass is 295 g/mol. The Labute approximate surface area is 110 Å². The van der Waals surface area contributed by atoms with E-state index in [1.165, 1.54) is 14.0 Å². The predicted octanol–water partition coefficient (Wildman–Crippen LogP) is 1.29. The largest absolute Gasteiger partial charge is 0.329 e. The molecular weight excluding hydrogens is 282 g/mol. The first-order valence-electron chi connectivity index (χ1n) is 5.27. The van der Waals surface area contributed by atoms with Crippen LogP contribution in [0.25, 0.3) is 0 Å². The molecule has 1 unspecified atom stereocenters. The van der Waals surface area contributed by atoms with Crippen molar-refractivity contribution in [3.05, 3.63) is 15.8 Å². The molecule has 0 fully saturated rings. The number of hydrogen-bond donors (Lipinski definition) is 0. The molecule has 0 aliphatic rings. The molecule has 1 heterocycles. The summed E-state index contributed by atoms with van der Waals surface area (Å²) >= 11 is 5.53. The van der Waals surface area contributed by atoms with Crippen molar-refractivity contribution >= 4 is 27.1 Å². The Morgan fingerprint density at radius 3 is 2.50 bits per heavy atom. The molecule has 0 aliphatic heterocycles. The van der Waals surface area contributed by atoms with E-state index in [9.17, 15) is 18.5 Å². The Hall–Kier alpha value is -1.15. The van der Waals surface area contributed by atoms with Gasteiger partial charge in [-0.1, -0.05) is 6.92 Å².